The van der Waals surface area contributed by atoms with Crippen LogP contribution in [0, 0.1) is 0 Å². The number of carbonyl (C=O) groups is 2. The summed E-state index contributed by atoms with van der Waals surface area (Å²) in [7, 11) is 0. The maximum Gasteiger partial charge on any atom is 0.323 e. The molecule has 7 heteroatoms. The Morgan fingerprint density at radius 2 is 2.22 bits per heavy atom. The van der Waals surface area contributed by atoms with Gasteiger partial charge in [0.25, 0.3) is 0 Å². The number of aromatic nitrogens is 1. The van der Waals surface area contributed by atoms with E-state index in [0.29, 0.717) is 13.1 Å². The third-order valence-corrected chi connectivity index (χ3v) is 3.48. The average molecular weight is 271 g/mol. The van der Waals surface area contributed by atoms with Crippen molar-refractivity contribution in [2.24, 2.45) is 0 Å². The molecule has 0 spiro atoms. The second kappa shape index (κ2) is 6.95. The largest absolute Gasteiger partial charge is 0.480 e. The number of hydrogen-bond donors (Lipinski definition) is 2. The van der Waals surface area contributed by atoms with Gasteiger partial charge >= 0.3 is 12.0 Å². The maximum atomic E-state index is 11.7. The van der Waals surface area contributed by atoms with Crippen molar-refractivity contribution in [1.29, 1.82) is 0 Å². The van der Waals surface area contributed by atoms with Gasteiger partial charge in [0.15, 0.2) is 0 Å². The van der Waals surface area contributed by atoms with Gasteiger partial charge in [0.05, 0.1) is 6.54 Å². The molecule has 0 saturated carbocycles. The topological polar surface area (TPSA) is 82.5 Å². The van der Waals surface area contributed by atoms with Crippen molar-refractivity contribution in [3.63, 3.8) is 0 Å². The van der Waals surface area contributed by atoms with Gasteiger partial charge in [0, 0.05) is 17.6 Å². The molecule has 1 aromatic rings. The molecule has 0 saturated heterocycles. The molecule has 0 bridgehead atoms. The molecule has 0 aliphatic rings. The Balaban J connectivity index is 2.46. The van der Waals surface area contributed by atoms with Gasteiger partial charge in [0.2, 0.25) is 0 Å². The van der Waals surface area contributed by atoms with Crippen LogP contribution in [-0.4, -0.2) is 40.1 Å². The molecule has 6 nitrogen and oxygen atoms in total. The lowest BCUT2D eigenvalue weighted by molar-refractivity contribution is -0.137. The van der Waals surface area contributed by atoms with E-state index in [1.807, 2.05) is 6.92 Å². The van der Waals surface area contributed by atoms with Crippen LogP contribution in [0.25, 0.3) is 0 Å². The molecule has 0 aromatic carbocycles. The van der Waals surface area contributed by atoms with Crippen LogP contribution in [-0.2, 0) is 17.8 Å². The summed E-state index contributed by atoms with van der Waals surface area (Å²) in [5.74, 6) is -1.02. The number of hydrogen-bond acceptors (Lipinski definition) is 4. The predicted molar refractivity (Wildman–Crippen MR) is 68.6 cm³/mol. The summed E-state index contributed by atoms with van der Waals surface area (Å²) in [4.78, 5) is 28.8. The molecular weight excluding hydrogens is 254 g/mol. The number of urea groups is 1. The number of aryl methyl sites for hydroxylation is 1. The highest BCUT2D eigenvalue weighted by molar-refractivity contribution is 7.11. The first-order valence-corrected chi connectivity index (χ1v) is 6.56. The Morgan fingerprint density at radius 1 is 1.50 bits per heavy atom. The number of amides is 2. The third-order valence-electron chi connectivity index (χ3n) is 2.34. The fourth-order valence-electron chi connectivity index (χ4n) is 1.35. The van der Waals surface area contributed by atoms with Crippen LogP contribution in [0.5, 0.6) is 0 Å². The molecule has 0 aliphatic heterocycles. The van der Waals surface area contributed by atoms with Crippen molar-refractivity contribution in [2.75, 3.05) is 13.1 Å². The van der Waals surface area contributed by atoms with Crippen molar-refractivity contribution in [3.8, 4) is 0 Å². The van der Waals surface area contributed by atoms with Crippen molar-refractivity contribution >= 4 is 23.3 Å². The zero-order valence-electron chi connectivity index (χ0n) is 10.5. The quantitative estimate of drug-likeness (QED) is 0.817. The molecule has 0 radical (unpaired) electrons. The van der Waals surface area contributed by atoms with E-state index < -0.39 is 5.97 Å². The molecule has 0 atom stereocenters. The van der Waals surface area contributed by atoms with E-state index in [2.05, 4.69) is 10.3 Å². The van der Waals surface area contributed by atoms with E-state index in [1.165, 1.54) is 4.90 Å². The van der Waals surface area contributed by atoms with Crippen molar-refractivity contribution < 1.29 is 14.7 Å². The van der Waals surface area contributed by atoms with Gasteiger partial charge in [-0.1, -0.05) is 6.92 Å². The van der Waals surface area contributed by atoms with Gasteiger partial charge in [-0.05, 0) is 13.3 Å². The van der Waals surface area contributed by atoms with Crippen LogP contribution in [0.1, 0.15) is 23.7 Å². The lowest BCUT2D eigenvalue weighted by atomic mass is 10.4. The molecule has 1 heterocycles. The van der Waals surface area contributed by atoms with E-state index >= 15 is 0 Å². The Labute approximate surface area is 110 Å². The number of carbonyl (C=O) groups excluding carboxylic acids is 1. The van der Waals surface area contributed by atoms with Crippen LogP contribution in [0.15, 0.2) is 6.20 Å². The fraction of sp³-hybridized carbons (Fsp3) is 0.545. The molecule has 0 unspecified atom stereocenters. The first-order chi connectivity index (χ1) is 8.56. The highest BCUT2D eigenvalue weighted by Crippen LogP contribution is 2.12. The number of nitrogens with zero attached hydrogens (tertiary/aromatic N) is 2. The van der Waals surface area contributed by atoms with E-state index in [9.17, 15) is 9.59 Å². The van der Waals surface area contributed by atoms with Gasteiger partial charge in [0.1, 0.15) is 11.6 Å². The highest BCUT2D eigenvalue weighted by Gasteiger charge is 2.14. The Hall–Kier alpha value is -1.63. The van der Waals surface area contributed by atoms with Crippen molar-refractivity contribution in [1.82, 2.24) is 15.2 Å². The fourth-order valence-corrected chi connectivity index (χ4v) is 2.15. The second-order valence-electron chi connectivity index (χ2n) is 3.64. The lowest BCUT2D eigenvalue weighted by Gasteiger charge is -2.18. The number of likely N-dealkylation sites (N-methyl/N-ethyl adjacent to an activating group) is 1. The minimum atomic E-state index is -1.02. The molecular formula is C11H17N3O3S. The van der Waals surface area contributed by atoms with Crippen LogP contribution < -0.4 is 5.32 Å². The summed E-state index contributed by atoms with van der Waals surface area (Å²) in [6.07, 6.45) is 2.71. The normalized spacial score (nSPS) is 10.1. The molecule has 2 N–H and O–H groups in total. The second-order valence-corrected chi connectivity index (χ2v) is 4.84. The summed E-state index contributed by atoms with van der Waals surface area (Å²) >= 11 is 1.55. The van der Waals surface area contributed by atoms with Gasteiger partial charge in [-0.25, -0.2) is 9.78 Å². The zero-order chi connectivity index (χ0) is 13.5. The smallest absolute Gasteiger partial charge is 0.323 e. The molecule has 0 fully saturated rings. The van der Waals surface area contributed by atoms with E-state index in [1.54, 1.807) is 24.5 Å². The number of thiazole rings is 1. The molecule has 100 valence electrons. The molecule has 18 heavy (non-hydrogen) atoms. The molecule has 1 aromatic heterocycles. The number of carboxylic acid groups (broad SMARTS) is 1. The van der Waals surface area contributed by atoms with Gasteiger partial charge in [-0.2, -0.15) is 0 Å². The summed E-state index contributed by atoms with van der Waals surface area (Å²) in [5.41, 5.74) is 0. The van der Waals surface area contributed by atoms with E-state index in [4.69, 9.17) is 5.11 Å². The molecule has 1 rings (SSSR count). The summed E-state index contributed by atoms with van der Waals surface area (Å²) < 4.78 is 0. The lowest BCUT2D eigenvalue weighted by Crippen LogP contribution is -2.42. The van der Waals surface area contributed by atoms with Crippen molar-refractivity contribution in [2.45, 2.75) is 26.8 Å². The van der Waals surface area contributed by atoms with E-state index in [-0.39, 0.29) is 12.6 Å². The summed E-state index contributed by atoms with van der Waals surface area (Å²) in [6.45, 7) is 4.18. The maximum absolute atomic E-state index is 11.7. The van der Waals surface area contributed by atoms with Crippen LogP contribution >= 0.6 is 11.3 Å². The number of rotatable bonds is 6. The van der Waals surface area contributed by atoms with Crippen LogP contribution in [0.4, 0.5) is 4.79 Å². The number of nitrogens with one attached hydrogen (secondary N) is 1. The first kappa shape index (κ1) is 14.4. The van der Waals surface area contributed by atoms with Crippen molar-refractivity contribution in [3.05, 3.63) is 16.1 Å². The SMILES string of the molecule is CCc1cnc(CNC(=O)N(CC)CC(=O)O)s1. The van der Waals surface area contributed by atoms with Gasteiger partial charge in [-0.15, -0.1) is 11.3 Å². The van der Waals surface area contributed by atoms with Gasteiger partial charge < -0.3 is 15.3 Å². The van der Waals surface area contributed by atoms with Crippen LogP contribution in [0.2, 0.25) is 0 Å². The number of aliphatic carboxylic acids is 1. The summed E-state index contributed by atoms with van der Waals surface area (Å²) in [6, 6.07) is -0.381. The minimum absolute atomic E-state index is 0.291. The Bertz CT molecular complexity index is 419. The molecule has 0 aliphatic carbocycles. The minimum Gasteiger partial charge on any atom is -0.480 e. The predicted octanol–water partition coefficient (Wildman–Crippen LogP) is 1.32. The van der Waals surface area contributed by atoms with Crippen LogP contribution in [0.3, 0.4) is 0 Å². The molecule has 2 amide bonds. The van der Waals surface area contributed by atoms with Gasteiger partial charge in [-0.3, -0.25) is 4.79 Å². The monoisotopic (exact) mass is 271 g/mol. The highest BCUT2D eigenvalue weighted by atomic mass is 32.1. The van der Waals surface area contributed by atoms with E-state index in [0.717, 1.165) is 16.3 Å². The Morgan fingerprint density at radius 3 is 2.72 bits per heavy atom. The third kappa shape index (κ3) is 4.33. The summed E-state index contributed by atoms with van der Waals surface area (Å²) in [5, 5.41) is 12.1. The zero-order valence-corrected chi connectivity index (χ0v) is 11.3. The standard InChI is InChI=1S/C11H17N3O3S/c1-3-8-5-12-9(18-8)6-13-11(17)14(4-2)7-10(15)16/h5H,3-4,6-7H2,1-2H3,(H,13,17)(H,15,16). The average Bonchev–Trinajstić information content (AvgIpc) is 2.80. The number of carboxylic acids is 1. The first-order valence-electron chi connectivity index (χ1n) is 5.75. The Kier molecular flexibility index (Phi) is 5.57.